The average Bonchev–Trinajstić information content (AvgIpc) is 3.18. The number of thioether (sulfide) groups is 1. The first-order valence-corrected chi connectivity index (χ1v) is 11.0. The first-order valence-electron chi connectivity index (χ1n) is 9.16. The van der Waals surface area contributed by atoms with E-state index in [9.17, 15) is 9.59 Å². The predicted octanol–water partition coefficient (Wildman–Crippen LogP) is 4.62. The van der Waals surface area contributed by atoms with E-state index in [-0.39, 0.29) is 23.3 Å². The third-order valence-electron chi connectivity index (χ3n) is 4.52. The van der Waals surface area contributed by atoms with E-state index < -0.39 is 0 Å². The molecule has 1 atom stereocenters. The lowest BCUT2D eigenvalue weighted by Crippen LogP contribution is -2.28. The van der Waals surface area contributed by atoms with Gasteiger partial charge in [-0.2, -0.15) is 0 Å². The van der Waals surface area contributed by atoms with Crippen LogP contribution in [0.5, 0.6) is 0 Å². The van der Waals surface area contributed by atoms with Crippen LogP contribution >= 0.6 is 23.1 Å². The lowest BCUT2D eigenvalue weighted by atomic mass is 10.1. The Balaban J connectivity index is 1.46. The maximum Gasteiger partial charge on any atom is 0.260 e. The van der Waals surface area contributed by atoms with Gasteiger partial charge in [0, 0.05) is 10.9 Å². The highest BCUT2D eigenvalue weighted by Gasteiger charge is 2.14. The number of fused-ring (bicyclic) bond motifs is 1. The summed E-state index contributed by atoms with van der Waals surface area (Å²) in [4.78, 5) is 33.0. The van der Waals surface area contributed by atoms with Gasteiger partial charge in [0.2, 0.25) is 5.91 Å². The molecule has 146 valence electrons. The summed E-state index contributed by atoms with van der Waals surface area (Å²) < 4.78 is 0. The van der Waals surface area contributed by atoms with Crippen LogP contribution in [-0.4, -0.2) is 21.6 Å². The lowest BCUT2D eigenvalue weighted by Gasteiger charge is -2.13. The Kier molecular flexibility index (Phi) is 5.78. The molecule has 5 nitrogen and oxygen atoms in total. The monoisotopic (exact) mass is 421 g/mol. The van der Waals surface area contributed by atoms with Gasteiger partial charge in [-0.05, 0) is 18.1 Å². The third-order valence-corrected chi connectivity index (χ3v) is 6.27. The lowest BCUT2D eigenvalue weighted by molar-refractivity contribution is -0.119. The Bertz CT molecular complexity index is 1190. The number of aromatic nitrogens is 2. The number of hydrogen-bond donors (Lipinski definition) is 2. The van der Waals surface area contributed by atoms with Gasteiger partial charge in [-0.25, -0.2) is 4.98 Å². The number of carbonyl (C=O) groups excluding carboxylic acids is 1. The highest BCUT2D eigenvalue weighted by molar-refractivity contribution is 7.99. The second-order valence-corrected chi connectivity index (χ2v) is 8.38. The van der Waals surface area contributed by atoms with Gasteiger partial charge in [-0.3, -0.25) is 9.59 Å². The molecular weight excluding hydrogens is 402 g/mol. The van der Waals surface area contributed by atoms with Crippen molar-refractivity contribution in [1.29, 1.82) is 0 Å². The van der Waals surface area contributed by atoms with Crippen molar-refractivity contribution in [2.45, 2.75) is 18.1 Å². The molecular formula is C22H19N3O2S2. The zero-order valence-electron chi connectivity index (χ0n) is 15.7. The van der Waals surface area contributed by atoms with Crippen LogP contribution in [0.3, 0.4) is 0 Å². The van der Waals surface area contributed by atoms with Gasteiger partial charge in [0.25, 0.3) is 5.56 Å². The second kappa shape index (κ2) is 8.63. The first kappa shape index (κ1) is 19.4. The molecule has 0 aliphatic rings. The second-order valence-electron chi connectivity index (χ2n) is 6.56. The third kappa shape index (κ3) is 4.41. The minimum atomic E-state index is -0.185. The van der Waals surface area contributed by atoms with Crippen molar-refractivity contribution in [3.05, 3.63) is 82.0 Å². The van der Waals surface area contributed by atoms with Crippen molar-refractivity contribution in [3.63, 3.8) is 0 Å². The molecule has 2 aromatic carbocycles. The molecule has 0 saturated heterocycles. The summed E-state index contributed by atoms with van der Waals surface area (Å²) in [7, 11) is 0. The summed E-state index contributed by atoms with van der Waals surface area (Å²) in [6.45, 7) is 1.95. The van der Waals surface area contributed by atoms with E-state index >= 15 is 0 Å². The molecule has 4 aromatic rings. The molecule has 0 aliphatic carbocycles. The van der Waals surface area contributed by atoms with Crippen LogP contribution in [0.15, 0.2) is 76.0 Å². The van der Waals surface area contributed by atoms with Crippen LogP contribution in [0.4, 0.5) is 0 Å². The molecule has 0 bridgehead atoms. The number of hydrogen-bond acceptors (Lipinski definition) is 5. The van der Waals surface area contributed by atoms with Gasteiger partial charge in [0.05, 0.1) is 17.2 Å². The van der Waals surface area contributed by atoms with E-state index in [2.05, 4.69) is 15.3 Å². The molecule has 1 amide bonds. The van der Waals surface area contributed by atoms with Gasteiger partial charge >= 0.3 is 0 Å². The van der Waals surface area contributed by atoms with Gasteiger partial charge in [-0.1, -0.05) is 72.4 Å². The highest BCUT2D eigenvalue weighted by Crippen LogP contribution is 2.31. The number of thiophene rings is 1. The number of benzene rings is 2. The van der Waals surface area contributed by atoms with Crippen molar-refractivity contribution in [1.82, 2.24) is 15.3 Å². The highest BCUT2D eigenvalue weighted by atomic mass is 32.2. The number of nitrogens with zero attached hydrogens (tertiary/aromatic N) is 1. The van der Waals surface area contributed by atoms with Gasteiger partial charge < -0.3 is 10.3 Å². The van der Waals surface area contributed by atoms with E-state index in [1.165, 1.54) is 23.1 Å². The van der Waals surface area contributed by atoms with Crippen LogP contribution in [-0.2, 0) is 4.79 Å². The number of carbonyl (C=O) groups is 1. The largest absolute Gasteiger partial charge is 0.349 e. The summed E-state index contributed by atoms with van der Waals surface area (Å²) in [6, 6.07) is 19.5. The summed E-state index contributed by atoms with van der Waals surface area (Å²) in [5.74, 6) is 0.0768. The maximum absolute atomic E-state index is 12.7. The van der Waals surface area contributed by atoms with Crippen molar-refractivity contribution >= 4 is 39.2 Å². The molecule has 0 saturated carbocycles. The van der Waals surface area contributed by atoms with Crippen LogP contribution in [0.2, 0.25) is 0 Å². The van der Waals surface area contributed by atoms with Crippen LogP contribution in [0.1, 0.15) is 18.5 Å². The van der Waals surface area contributed by atoms with E-state index in [1.54, 1.807) is 0 Å². The molecule has 4 rings (SSSR count). The summed E-state index contributed by atoms with van der Waals surface area (Å²) in [5.41, 5.74) is 2.73. The average molecular weight is 422 g/mol. The zero-order valence-corrected chi connectivity index (χ0v) is 17.3. The molecule has 0 radical (unpaired) electrons. The first-order chi connectivity index (χ1) is 14.1. The molecule has 0 spiro atoms. The standard InChI is InChI=1S/C22H19N3O2S2/c1-14(15-8-4-2-5-9-15)23-18(26)13-29-22-24-20(27)19-17(12-28-21(19)25-22)16-10-6-3-7-11-16/h2-12,14H,13H2,1H3,(H,23,26)(H,24,25,27)/t14-/m0/s1. The van der Waals surface area contributed by atoms with Crippen LogP contribution < -0.4 is 10.9 Å². The molecule has 2 heterocycles. The fourth-order valence-corrected chi connectivity index (χ4v) is 4.75. The molecule has 29 heavy (non-hydrogen) atoms. The van der Waals surface area contributed by atoms with E-state index in [1.807, 2.05) is 73.0 Å². The minimum Gasteiger partial charge on any atom is -0.349 e. The number of rotatable bonds is 6. The topological polar surface area (TPSA) is 74.8 Å². The van der Waals surface area contributed by atoms with Crippen molar-refractivity contribution < 1.29 is 4.79 Å². The molecule has 0 unspecified atom stereocenters. The normalized spacial score (nSPS) is 12.0. The molecule has 2 aromatic heterocycles. The zero-order chi connectivity index (χ0) is 20.2. The SMILES string of the molecule is C[C@H](NC(=O)CSc1nc2scc(-c3ccccc3)c2c(=O)[nH]1)c1ccccc1. The molecule has 2 N–H and O–H groups in total. The fraction of sp³-hybridized carbons (Fsp3) is 0.136. The molecule has 7 heteroatoms. The molecule has 0 aliphatic heterocycles. The Hall–Kier alpha value is -2.90. The maximum atomic E-state index is 12.7. The Morgan fingerprint density at radius 3 is 2.55 bits per heavy atom. The number of aromatic amines is 1. The fourth-order valence-electron chi connectivity index (χ4n) is 3.07. The predicted molar refractivity (Wildman–Crippen MR) is 119 cm³/mol. The summed E-state index contributed by atoms with van der Waals surface area (Å²) in [6.07, 6.45) is 0. The molecule has 0 fully saturated rings. The Morgan fingerprint density at radius 1 is 1.14 bits per heavy atom. The Morgan fingerprint density at radius 2 is 1.83 bits per heavy atom. The van der Waals surface area contributed by atoms with Gasteiger partial charge in [0.15, 0.2) is 5.16 Å². The number of nitrogens with one attached hydrogen (secondary N) is 2. The van der Waals surface area contributed by atoms with E-state index in [0.717, 1.165) is 16.7 Å². The summed E-state index contributed by atoms with van der Waals surface area (Å²) in [5, 5.41) is 5.96. The minimum absolute atomic E-state index is 0.0792. The van der Waals surface area contributed by atoms with Crippen LogP contribution in [0, 0.1) is 0 Å². The van der Waals surface area contributed by atoms with E-state index in [0.29, 0.717) is 15.4 Å². The smallest absolute Gasteiger partial charge is 0.260 e. The summed E-state index contributed by atoms with van der Waals surface area (Å²) >= 11 is 2.66. The van der Waals surface area contributed by atoms with Crippen molar-refractivity contribution in [3.8, 4) is 11.1 Å². The Labute approximate surface area is 176 Å². The van der Waals surface area contributed by atoms with Gasteiger partial charge in [-0.15, -0.1) is 11.3 Å². The van der Waals surface area contributed by atoms with Crippen molar-refractivity contribution in [2.75, 3.05) is 5.75 Å². The van der Waals surface area contributed by atoms with E-state index in [4.69, 9.17) is 0 Å². The number of amides is 1. The van der Waals surface area contributed by atoms with Crippen molar-refractivity contribution in [2.24, 2.45) is 0 Å². The quantitative estimate of drug-likeness (QED) is 0.352. The van der Waals surface area contributed by atoms with Gasteiger partial charge in [0.1, 0.15) is 4.83 Å². The van der Waals surface area contributed by atoms with Crippen LogP contribution in [0.25, 0.3) is 21.3 Å². The number of H-pyrrole nitrogens is 1.